The maximum absolute atomic E-state index is 10.3. The second-order valence-electron chi connectivity index (χ2n) is 7.72. The lowest BCUT2D eigenvalue weighted by Crippen LogP contribution is -2.41. The van der Waals surface area contributed by atoms with Gasteiger partial charge in [-0.25, -0.2) is 0 Å². The summed E-state index contributed by atoms with van der Waals surface area (Å²) in [6.45, 7) is 0.978. The second-order valence-corrected chi connectivity index (χ2v) is 7.72. The third-order valence-corrected chi connectivity index (χ3v) is 4.82. The summed E-state index contributed by atoms with van der Waals surface area (Å²) >= 11 is 0. The smallest absolute Gasteiger partial charge is 0.303 e. The van der Waals surface area contributed by atoms with Crippen molar-refractivity contribution in [3.05, 3.63) is 12.2 Å². The zero-order valence-electron chi connectivity index (χ0n) is 18.8. The first-order valence-corrected chi connectivity index (χ1v) is 11.5. The third kappa shape index (κ3) is 23.3. The molecule has 0 heterocycles. The summed E-state index contributed by atoms with van der Waals surface area (Å²) in [7, 11) is 0. The topological polar surface area (TPSA) is 138 Å². The predicted octanol–water partition coefficient (Wildman–Crippen LogP) is 3.16. The standard InChI is InChI=1S/C18H34O2.C5H12O5/c1-2-3-4-5-6-7-8-9-10-11-12-13-14-15-16-17-18(19)20;6-1-3(8)5(10)4(9)2-7/h9-10H,2-8,11-17H2,1H3,(H,19,20);3-10H,1-2H2/b10-9-;. The molecule has 0 saturated heterocycles. The molecule has 0 bridgehead atoms. The number of aliphatic hydroxyl groups is 5. The van der Waals surface area contributed by atoms with Gasteiger partial charge < -0.3 is 30.6 Å². The minimum atomic E-state index is -1.49. The van der Waals surface area contributed by atoms with Crippen LogP contribution < -0.4 is 0 Å². The summed E-state index contributed by atoms with van der Waals surface area (Å²) in [6.07, 6.45) is 16.9. The van der Waals surface area contributed by atoms with E-state index in [4.69, 9.17) is 30.6 Å². The maximum atomic E-state index is 10.3. The van der Waals surface area contributed by atoms with Crippen LogP contribution in [0.5, 0.6) is 0 Å². The summed E-state index contributed by atoms with van der Waals surface area (Å²) in [5.41, 5.74) is 0. The molecule has 180 valence electrons. The Morgan fingerprint density at radius 3 is 1.50 bits per heavy atom. The van der Waals surface area contributed by atoms with E-state index in [9.17, 15) is 4.79 Å². The molecule has 0 amide bonds. The Labute approximate surface area is 182 Å². The number of carboxylic acid groups (broad SMARTS) is 1. The molecule has 2 atom stereocenters. The van der Waals surface area contributed by atoms with Gasteiger partial charge in [0.25, 0.3) is 0 Å². The molecule has 30 heavy (non-hydrogen) atoms. The fourth-order valence-electron chi connectivity index (χ4n) is 2.82. The highest BCUT2D eigenvalue weighted by molar-refractivity contribution is 5.66. The Morgan fingerprint density at radius 1 is 0.700 bits per heavy atom. The number of allylic oxidation sites excluding steroid dienone is 2. The van der Waals surface area contributed by atoms with E-state index in [0.29, 0.717) is 6.42 Å². The van der Waals surface area contributed by atoms with Crippen LogP contribution in [0.15, 0.2) is 12.2 Å². The van der Waals surface area contributed by atoms with E-state index >= 15 is 0 Å². The molecule has 0 aromatic carbocycles. The predicted molar refractivity (Wildman–Crippen MR) is 119 cm³/mol. The van der Waals surface area contributed by atoms with E-state index in [1.165, 1.54) is 70.6 Å². The van der Waals surface area contributed by atoms with Crippen molar-refractivity contribution in [3.63, 3.8) is 0 Å². The van der Waals surface area contributed by atoms with Gasteiger partial charge in [0.05, 0.1) is 13.2 Å². The van der Waals surface area contributed by atoms with Crippen molar-refractivity contribution in [1.82, 2.24) is 0 Å². The van der Waals surface area contributed by atoms with Gasteiger partial charge in [0.1, 0.15) is 18.3 Å². The van der Waals surface area contributed by atoms with E-state index in [1.807, 2.05) is 0 Å². The molecule has 0 saturated carbocycles. The molecule has 6 N–H and O–H groups in total. The SMILES string of the molecule is CCCCCCCC/C=C\CCCCCCCC(=O)O.OCC(O)C(O)C(O)CO. The molecular weight excluding hydrogens is 388 g/mol. The summed E-state index contributed by atoms with van der Waals surface area (Å²) < 4.78 is 0. The Balaban J connectivity index is 0. The highest BCUT2D eigenvalue weighted by Gasteiger charge is 2.22. The molecule has 0 rings (SSSR count). The molecule has 0 aliphatic carbocycles. The van der Waals surface area contributed by atoms with E-state index < -0.39 is 37.5 Å². The lowest BCUT2D eigenvalue weighted by molar-refractivity contribution is -0.137. The summed E-state index contributed by atoms with van der Waals surface area (Å²) in [4.78, 5) is 10.3. The van der Waals surface area contributed by atoms with Crippen LogP contribution in [-0.4, -0.2) is 68.1 Å². The minimum Gasteiger partial charge on any atom is -0.481 e. The number of aliphatic hydroxyl groups excluding tert-OH is 5. The molecule has 0 aromatic heterocycles. The van der Waals surface area contributed by atoms with E-state index in [2.05, 4.69) is 19.1 Å². The zero-order valence-corrected chi connectivity index (χ0v) is 18.8. The second kappa shape index (κ2) is 24.3. The fraction of sp³-hybridized carbons (Fsp3) is 0.870. The van der Waals surface area contributed by atoms with E-state index in [-0.39, 0.29) is 0 Å². The first-order valence-electron chi connectivity index (χ1n) is 11.5. The van der Waals surface area contributed by atoms with E-state index in [1.54, 1.807) is 0 Å². The zero-order chi connectivity index (χ0) is 23.0. The van der Waals surface area contributed by atoms with Crippen LogP contribution >= 0.6 is 0 Å². The number of carbonyl (C=O) groups is 1. The van der Waals surface area contributed by atoms with Crippen molar-refractivity contribution in [3.8, 4) is 0 Å². The van der Waals surface area contributed by atoms with Crippen LogP contribution in [0.4, 0.5) is 0 Å². The monoisotopic (exact) mass is 434 g/mol. The van der Waals surface area contributed by atoms with Gasteiger partial charge in [-0.1, -0.05) is 70.4 Å². The Bertz CT molecular complexity index is 378. The summed E-state index contributed by atoms with van der Waals surface area (Å²) in [5.74, 6) is -0.664. The number of carboxylic acids is 1. The fourth-order valence-corrected chi connectivity index (χ4v) is 2.82. The largest absolute Gasteiger partial charge is 0.481 e. The molecular formula is C23H46O7. The number of hydrogen-bond acceptors (Lipinski definition) is 6. The van der Waals surface area contributed by atoms with Gasteiger partial charge in [-0.05, 0) is 32.1 Å². The Morgan fingerprint density at radius 2 is 1.10 bits per heavy atom. The summed E-state index contributed by atoms with van der Waals surface area (Å²) in [6, 6.07) is 0. The molecule has 2 unspecified atom stereocenters. The van der Waals surface area contributed by atoms with Gasteiger partial charge in [-0.15, -0.1) is 0 Å². The van der Waals surface area contributed by atoms with Crippen LogP contribution in [-0.2, 0) is 4.79 Å². The van der Waals surface area contributed by atoms with Crippen molar-refractivity contribution in [1.29, 1.82) is 0 Å². The van der Waals surface area contributed by atoms with E-state index in [0.717, 1.165) is 12.8 Å². The van der Waals surface area contributed by atoms with Gasteiger partial charge in [-0.3, -0.25) is 4.79 Å². The van der Waals surface area contributed by atoms with Crippen molar-refractivity contribution in [2.45, 2.75) is 115 Å². The van der Waals surface area contributed by atoms with Crippen LogP contribution in [0.25, 0.3) is 0 Å². The van der Waals surface area contributed by atoms with Crippen molar-refractivity contribution in [2.75, 3.05) is 13.2 Å². The van der Waals surface area contributed by atoms with Crippen molar-refractivity contribution >= 4 is 5.97 Å². The number of aliphatic carboxylic acids is 1. The van der Waals surface area contributed by atoms with Crippen LogP contribution in [0, 0.1) is 0 Å². The average molecular weight is 435 g/mol. The van der Waals surface area contributed by atoms with Gasteiger partial charge in [0, 0.05) is 6.42 Å². The number of rotatable bonds is 19. The van der Waals surface area contributed by atoms with Crippen LogP contribution in [0.2, 0.25) is 0 Å². The number of unbranched alkanes of at least 4 members (excludes halogenated alkanes) is 11. The average Bonchev–Trinajstić information content (AvgIpc) is 2.74. The highest BCUT2D eigenvalue weighted by atomic mass is 16.4. The molecule has 0 aromatic rings. The summed E-state index contributed by atoms with van der Waals surface area (Å²) in [5, 5.41) is 51.1. The van der Waals surface area contributed by atoms with Crippen molar-refractivity contribution in [2.24, 2.45) is 0 Å². The first-order chi connectivity index (χ1) is 14.4. The Hall–Kier alpha value is -0.990. The lowest BCUT2D eigenvalue weighted by atomic mass is 10.1. The highest BCUT2D eigenvalue weighted by Crippen LogP contribution is 2.09. The van der Waals surface area contributed by atoms with Gasteiger partial charge in [0.2, 0.25) is 0 Å². The first kappa shape index (κ1) is 31.2. The molecule has 0 radical (unpaired) electrons. The maximum Gasteiger partial charge on any atom is 0.303 e. The van der Waals surface area contributed by atoms with Crippen molar-refractivity contribution < 1.29 is 35.4 Å². The molecule has 0 spiro atoms. The quantitative estimate of drug-likeness (QED) is 0.136. The molecule has 7 nitrogen and oxygen atoms in total. The minimum absolute atomic E-state index is 0.332. The molecule has 0 fully saturated rings. The third-order valence-electron chi connectivity index (χ3n) is 4.82. The van der Waals surface area contributed by atoms with Crippen LogP contribution in [0.1, 0.15) is 96.8 Å². The van der Waals surface area contributed by atoms with Crippen LogP contribution in [0.3, 0.4) is 0 Å². The molecule has 7 heteroatoms. The molecule has 0 aliphatic heterocycles. The lowest BCUT2D eigenvalue weighted by Gasteiger charge is -2.19. The number of hydrogen-bond donors (Lipinski definition) is 6. The van der Waals surface area contributed by atoms with Gasteiger partial charge in [0.15, 0.2) is 0 Å². The van der Waals surface area contributed by atoms with Gasteiger partial charge in [-0.2, -0.15) is 0 Å². The normalized spacial score (nSPS) is 14.2. The molecule has 0 aliphatic rings. The van der Waals surface area contributed by atoms with Gasteiger partial charge >= 0.3 is 5.97 Å². The Kier molecular flexibility index (Phi) is 25.3.